The van der Waals surface area contributed by atoms with E-state index in [1.54, 1.807) is 0 Å². The van der Waals surface area contributed by atoms with E-state index in [1.807, 2.05) is 0 Å². The van der Waals surface area contributed by atoms with Gasteiger partial charge in [0.05, 0.1) is 5.60 Å². The molecule has 1 heteroatoms. The van der Waals surface area contributed by atoms with E-state index in [0.29, 0.717) is 0 Å². The summed E-state index contributed by atoms with van der Waals surface area (Å²) in [6, 6.07) is 0. The summed E-state index contributed by atoms with van der Waals surface area (Å²) in [5.41, 5.74) is -1.04. The van der Waals surface area contributed by atoms with Crippen LogP contribution in [0.1, 0.15) is 22.1 Å². The highest BCUT2D eigenvalue weighted by molar-refractivity contribution is 4.50. The molecule has 0 N–H and O–H groups in total. The van der Waals surface area contributed by atoms with Gasteiger partial charge in [0.25, 0.3) is 0 Å². The summed E-state index contributed by atoms with van der Waals surface area (Å²) in [5, 5.41) is 10.3. The molecule has 0 fully saturated rings. The van der Waals surface area contributed by atoms with Gasteiger partial charge in [0.2, 0.25) is 0 Å². The van der Waals surface area contributed by atoms with Crippen molar-refractivity contribution in [1.29, 1.82) is 0 Å². The van der Waals surface area contributed by atoms with Crippen molar-refractivity contribution in [3.05, 3.63) is 0 Å². The third-order valence-electron chi connectivity index (χ3n) is 0. The Hall–Kier alpha value is -0.0400. The molecule has 0 spiro atoms. The monoisotopic (exact) mass is 74.1 g/mol. The maximum atomic E-state index is 10.3. The minimum Gasteiger partial charge on any atom is -0.230 e. The van der Waals surface area contributed by atoms with E-state index in [0.717, 1.165) is 0 Å². The maximum Gasteiger partial charge on any atom is 0.0952 e. The minimum absolute atomic E-state index is 0.0347. The second-order valence-corrected chi connectivity index (χ2v) is 1.76. The molecule has 0 saturated heterocycles. The average Bonchev–Trinajstić information content (AvgIpc) is 1.35. The standard InChI is InChI=1S/C4H9O/c1-4(2,3)5/h1-3H3/i1D. The van der Waals surface area contributed by atoms with E-state index >= 15 is 0 Å². The summed E-state index contributed by atoms with van der Waals surface area (Å²) in [4.78, 5) is 0. The lowest BCUT2D eigenvalue weighted by Crippen LogP contribution is -2.07. The molecule has 0 aliphatic rings. The number of hydrogen-bond acceptors (Lipinski definition) is 0. The van der Waals surface area contributed by atoms with Crippen LogP contribution in [0, 0.1) is 0 Å². The second kappa shape index (κ2) is 0.977. The Balaban J connectivity index is 3.17. The summed E-state index contributed by atoms with van der Waals surface area (Å²) in [7, 11) is 0. The Morgan fingerprint density at radius 1 is 1.80 bits per heavy atom. The largest absolute Gasteiger partial charge is 0.230 e. The molecule has 0 aliphatic heterocycles. The smallest absolute Gasteiger partial charge is 0.0952 e. The van der Waals surface area contributed by atoms with E-state index in [9.17, 15) is 5.11 Å². The first kappa shape index (κ1) is 3.16. The van der Waals surface area contributed by atoms with Crippen molar-refractivity contribution < 1.29 is 6.48 Å². The van der Waals surface area contributed by atoms with Gasteiger partial charge in [-0.15, -0.1) is 0 Å². The van der Waals surface area contributed by atoms with Gasteiger partial charge in [-0.1, -0.05) is 0 Å². The topological polar surface area (TPSA) is 19.9 Å². The van der Waals surface area contributed by atoms with Crippen LogP contribution in [-0.2, 0) is 5.11 Å². The van der Waals surface area contributed by atoms with Crippen molar-refractivity contribution in [3.63, 3.8) is 0 Å². The second-order valence-electron chi connectivity index (χ2n) is 1.76. The van der Waals surface area contributed by atoms with E-state index in [1.165, 1.54) is 13.8 Å². The molecule has 0 heterocycles. The van der Waals surface area contributed by atoms with Crippen LogP contribution in [0.5, 0.6) is 0 Å². The molecule has 5 heavy (non-hydrogen) atoms. The molecule has 0 amide bonds. The number of rotatable bonds is 0. The summed E-state index contributed by atoms with van der Waals surface area (Å²) in [5.74, 6) is 0. The van der Waals surface area contributed by atoms with Crippen LogP contribution in [0.4, 0.5) is 0 Å². The molecule has 0 aliphatic carbocycles. The first-order valence-electron chi connectivity index (χ1n) is 2.26. The highest BCUT2D eigenvalue weighted by atomic mass is 16.3. The molecule has 31 valence electrons. The normalized spacial score (nSPS) is 14.6. The van der Waals surface area contributed by atoms with E-state index in [-0.39, 0.29) is 6.90 Å². The molecule has 0 aromatic rings. The quantitative estimate of drug-likeness (QED) is 0.411. The Labute approximate surface area is 34.0 Å². The van der Waals surface area contributed by atoms with Crippen LogP contribution >= 0.6 is 0 Å². The lowest BCUT2D eigenvalue weighted by molar-refractivity contribution is 0.0219. The molecule has 0 bridgehead atoms. The lowest BCUT2D eigenvalue weighted by atomic mass is 10.2. The molecule has 0 rings (SSSR count). The highest BCUT2D eigenvalue weighted by Gasteiger charge is 2.01. The molecule has 0 aromatic heterocycles. The zero-order chi connectivity index (χ0) is 5.21. The van der Waals surface area contributed by atoms with Crippen molar-refractivity contribution in [2.45, 2.75) is 26.3 Å². The van der Waals surface area contributed by atoms with Gasteiger partial charge >= 0.3 is 0 Å². The Bertz CT molecular complexity index is 37.3. The first-order valence-corrected chi connectivity index (χ1v) is 1.56. The zero-order valence-corrected chi connectivity index (χ0v) is 3.62. The fraction of sp³-hybridized carbons (Fsp3) is 1.00. The highest BCUT2D eigenvalue weighted by Crippen LogP contribution is 1.95. The van der Waals surface area contributed by atoms with Crippen LogP contribution in [0.15, 0.2) is 0 Å². The molecule has 1 nitrogen and oxygen atoms in total. The van der Waals surface area contributed by atoms with Crippen molar-refractivity contribution in [1.82, 2.24) is 0 Å². The van der Waals surface area contributed by atoms with Gasteiger partial charge in [-0.25, -0.2) is 5.11 Å². The van der Waals surface area contributed by atoms with Crippen molar-refractivity contribution in [2.24, 2.45) is 0 Å². The maximum absolute atomic E-state index is 10.3. The van der Waals surface area contributed by atoms with E-state index < -0.39 is 5.60 Å². The van der Waals surface area contributed by atoms with Gasteiger partial charge < -0.3 is 0 Å². The minimum atomic E-state index is -1.04. The Morgan fingerprint density at radius 3 is 2.00 bits per heavy atom. The molecule has 0 aromatic carbocycles. The van der Waals surface area contributed by atoms with Crippen LogP contribution in [0.2, 0.25) is 0 Å². The third kappa shape index (κ3) is 9510. The third-order valence-corrected chi connectivity index (χ3v) is 0. The molecular weight excluding hydrogens is 64.0 g/mol. The summed E-state index contributed by atoms with van der Waals surface area (Å²) < 4.78 is 6.54. The average molecular weight is 74.1 g/mol. The fourth-order valence-electron chi connectivity index (χ4n) is 0. The molecule has 0 atom stereocenters. The number of hydrogen-bond donors (Lipinski definition) is 0. The summed E-state index contributed by atoms with van der Waals surface area (Å²) in [6.07, 6.45) is 0. The van der Waals surface area contributed by atoms with Crippen LogP contribution < -0.4 is 0 Å². The molecular formula is C4H9O. The molecule has 1 radical (unpaired) electrons. The predicted octanol–water partition coefficient (Wildman–Crippen LogP) is 1.22. The fourth-order valence-corrected chi connectivity index (χ4v) is 0. The van der Waals surface area contributed by atoms with Gasteiger partial charge in [0, 0.05) is 1.37 Å². The van der Waals surface area contributed by atoms with Crippen molar-refractivity contribution >= 4 is 0 Å². The molecule has 0 saturated carbocycles. The lowest BCUT2D eigenvalue weighted by Gasteiger charge is -2.00. The van der Waals surface area contributed by atoms with Crippen LogP contribution in [0.25, 0.3) is 0 Å². The van der Waals surface area contributed by atoms with Crippen LogP contribution in [0.3, 0.4) is 0 Å². The van der Waals surface area contributed by atoms with Crippen molar-refractivity contribution in [2.75, 3.05) is 0 Å². The predicted molar refractivity (Wildman–Crippen MR) is 20.4 cm³/mol. The van der Waals surface area contributed by atoms with Crippen molar-refractivity contribution in [3.8, 4) is 0 Å². The summed E-state index contributed by atoms with van der Waals surface area (Å²) >= 11 is 0. The Morgan fingerprint density at radius 2 is 2.00 bits per heavy atom. The summed E-state index contributed by atoms with van der Waals surface area (Å²) in [6.45, 7) is 2.97. The Kier molecular flexibility index (Phi) is 0.618. The SMILES string of the molecule is [2H]CC(C)(C)[O]. The van der Waals surface area contributed by atoms with Gasteiger partial charge in [0.15, 0.2) is 0 Å². The van der Waals surface area contributed by atoms with Gasteiger partial charge in [0.1, 0.15) is 0 Å². The van der Waals surface area contributed by atoms with Crippen LogP contribution in [-0.4, -0.2) is 5.60 Å². The van der Waals surface area contributed by atoms with E-state index in [2.05, 4.69) is 0 Å². The van der Waals surface area contributed by atoms with E-state index in [4.69, 9.17) is 1.37 Å². The van der Waals surface area contributed by atoms with Gasteiger partial charge in [-0.05, 0) is 20.7 Å². The first-order chi connectivity index (χ1) is 2.56. The van der Waals surface area contributed by atoms with Gasteiger partial charge in [-0.2, -0.15) is 0 Å². The zero-order valence-electron chi connectivity index (χ0n) is 4.62. The molecule has 0 unspecified atom stereocenters. The van der Waals surface area contributed by atoms with Gasteiger partial charge in [-0.3, -0.25) is 0 Å².